The summed E-state index contributed by atoms with van der Waals surface area (Å²) in [5, 5.41) is 11.5. The molecule has 0 saturated carbocycles. The van der Waals surface area contributed by atoms with Crippen LogP contribution in [0.5, 0.6) is 5.75 Å². The first-order chi connectivity index (χ1) is 13.1. The Bertz CT molecular complexity index is 890. The van der Waals surface area contributed by atoms with Crippen molar-refractivity contribution in [2.75, 3.05) is 13.2 Å². The van der Waals surface area contributed by atoms with Crippen LogP contribution in [0.15, 0.2) is 36.4 Å². The topological polar surface area (TPSA) is 55.8 Å². The molecule has 0 fully saturated rings. The van der Waals surface area contributed by atoms with Gasteiger partial charge in [-0.1, -0.05) is 64.6 Å². The number of ether oxygens (including phenoxy) is 2. The van der Waals surface area contributed by atoms with Crippen LogP contribution >= 0.6 is 58.0 Å². The second-order valence-electron chi connectivity index (χ2n) is 5.85. The van der Waals surface area contributed by atoms with Crippen molar-refractivity contribution in [3.63, 3.8) is 0 Å². The minimum atomic E-state index is -1.10. The van der Waals surface area contributed by atoms with Crippen molar-refractivity contribution in [2.45, 2.75) is 13.0 Å². The van der Waals surface area contributed by atoms with Crippen LogP contribution in [0.4, 0.5) is 0 Å². The van der Waals surface area contributed by atoms with Crippen molar-refractivity contribution in [2.24, 2.45) is 0 Å². The van der Waals surface area contributed by atoms with Gasteiger partial charge in [0, 0.05) is 26.7 Å². The molecule has 2 aromatic rings. The molecule has 1 atom stereocenters. The van der Waals surface area contributed by atoms with Crippen molar-refractivity contribution >= 4 is 64.0 Å². The first-order valence-electron chi connectivity index (χ1n) is 7.87. The van der Waals surface area contributed by atoms with Crippen molar-refractivity contribution in [1.82, 2.24) is 0 Å². The molecule has 0 aromatic heterocycles. The van der Waals surface area contributed by atoms with Crippen molar-refractivity contribution < 1.29 is 19.4 Å². The zero-order valence-electron chi connectivity index (χ0n) is 14.6. The highest BCUT2D eigenvalue weighted by atomic mass is 35.5. The van der Waals surface area contributed by atoms with Gasteiger partial charge in [0.15, 0.2) is 0 Å². The van der Waals surface area contributed by atoms with Gasteiger partial charge in [-0.2, -0.15) is 0 Å². The molecule has 0 aliphatic carbocycles. The van der Waals surface area contributed by atoms with E-state index in [0.717, 1.165) is 0 Å². The van der Waals surface area contributed by atoms with Crippen LogP contribution in [0.3, 0.4) is 0 Å². The highest BCUT2D eigenvalue weighted by Crippen LogP contribution is 2.45. The molecule has 0 spiro atoms. The van der Waals surface area contributed by atoms with Gasteiger partial charge in [-0.15, -0.1) is 0 Å². The van der Waals surface area contributed by atoms with Gasteiger partial charge in [-0.05, 0) is 31.2 Å². The Morgan fingerprint density at radius 1 is 1.00 bits per heavy atom. The maximum Gasteiger partial charge on any atom is 0.333 e. The molecule has 0 heterocycles. The molecule has 9 heteroatoms. The summed E-state index contributed by atoms with van der Waals surface area (Å²) in [6, 6.07) is 6.11. The molecule has 0 amide bonds. The van der Waals surface area contributed by atoms with E-state index in [4.69, 9.17) is 67.5 Å². The van der Waals surface area contributed by atoms with E-state index >= 15 is 0 Å². The summed E-state index contributed by atoms with van der Waals surface area (Å²) in [7, 11) is 0. The number of hydrogen-bond donors (Lipinski definition) is 1. The summed E-state index contributed by atoms with van der Waals surface area (Å²) in [6.07, 6.45) is -1.10. The van der Waals surface area contributed by atoms with Gasteiger partial charge in [0.05, 0.1) is 15.1 Å². The SMILES string of the molecule is C=C(C)C(=O)OCC(O)COc1c(Cl)cc(Cl)cc1-c1c(Cl)cc(Cl)cc1Cl. The second kappa shape index (κ2) is 10.1. The molecule has 150 valence electrons. The molecule has 4 nitrogen and oxygen atoms in total. The average Bonchev–Trinajstić information content (AvgIpc) is 2.57. The number of carbonyl (C=O) groups excluding carboxylic acids is 1. The standard InChI is InChI=1S/C19H15Cl5O4/c1-9(2)19(26)28-8-12(25)7-27-18-13(3-10(20)6-16(18)24)17-14(22)4-11(21)5-15(17)23/h3-6,12,25H,1,7-8H2,2H3. The maximum absolute atomic E-state index is 11.4. The van der Waals surface area contributed by atoms with Gasteiger partial charge in [-0.25, -0.2) is 4.79 Å². The minimum Gasteiger partial charge on any atom is -0.489 e. The predicted molar refractivity (Wildman–Crippen MR) is 114 cm³/mol. The first kappa shape index (κ1) is 23.1. The lowest BCUT2D eigenvalue weighted by atomic mass is 10.0. The van der Waals surface area contributed by atoms with Gasteiger partial charge < -0.3 is 14.6 Å². The summed E-state index contributed by atoms with van der Waals surface area (Å²) in [5.41, 5.74) is 1.08. The van der Waals surface area contributed by atoms with E-state index < -0.39 is 12.1 Å². The van der Waals surface area contributed by atoms with E-state index in [1.54, 1.807) is 6.07 Å². The summed E-state index contributed by atoms with van der Waals surface area (Å²) in [6.45, 7) is 4.49. The normalized spacial score (nSPS) is 11.8. The molecule has 2 aromatic carbocycles. The number of esters is 1. The number of halogens is 5. The quantitative estimate of drug-likeness (QED) is 0.361. The lowest BCUT2D eigenvalue weighted by Gasteiger charge is -2.18. The lowest BCUT2D eigenvalue weighted by molar-refractivity contribution is -0.142. The molecule has 2 rings (SSSR count). The third-order valence-electron chi connectivity index (χ3n) is 3.46. The zero-order chi connectivity index (χ0) is 21.0. The summed E-state index contributed by atoms with van der Waals surface area (Å²) < 4.78 is 10.6. The molecule has 1 unspecified atom stereocenters. The van der Waals surface area contributed by atoms with Gasteiger partial charge in [0.2, 0.25) is 0 Å². The van der Waals surface area contributed by atoms with Crippen molar-refractivity contribution in [3.8, 4) is 16.9 Å². The molecular formula is C19H15Cl5O4. The van der Waals surface area contributed by atoms with Gasteiger partial charge >= 0.3 is 5.97 Å². The molecule has 28 heavy (non-hydrogen) atoms. The van der Waals surface area contributed by atoms with E-state index in [-0.39, 0.29) is 39.6 Å². The maximum atomic E-state index is 11.4. The minimum absolute atomic E-state index is 0.190. The van der Waals surface area contributed by atoms with Crippen LogP contribution < -0.4 is 4.74 Å². The monoisotopic (exact) mass is 482 g/mol. The highest BCUT2D eigenvalue weighted by Gasteiger charge is 2.20. The number of carbonyl (C=O) groups is 1. The fourth-order valence-electron chi connectivity index (χ4n) is 2.21. The Labute approximate surface area is 187 Å². The van der Waals surface area contributed by atoms with Crippen molar-refractivity contribution in [1.29, 1.82) is 0 Å². The Morgan fingerprint density at radius 3 is 2.11 bits per heavy atom. The zero-order valence-corrected chi connectivity index (χ0v) is 18.3. The summed E-state index contributed by atoms with van der Waals surface area (Å²) in [5.74, 6) is -0.397. The van der Waals surface area contributed by atoms with E-state index in [0.29, 0.717) is 21.2 Å². The number of aliphatic hydroxyl groups is 1. The van der Waals surface area contributed by atoms with Crippen molar-refractivity contribution in [3.05, 3.63) is 61.5 Å². The molecule has 0 saturated heterocycles. The van der Waals surface area contributed by atoms with Crippen LogP contribution in [0.2, 0.25) is 25.1 Å². The molecule has 0 aliphatic rings. The van der Waals surface area contributed by atoms with Gasteiger partial charge in [-0.3, -0.25) is 0 Å². The third-order valence-corrected chi connectivity index (χ3v) is 4.77. The van der Waals surface area contributed by atoms with E-state index in [2.05, 4.69) is 6.58 Å². The van der Waals surface area contributed by atoms with Crippen LogP contribution in [0, 0.1) is 0 Å². The second-order valence-corrected chi connectivity index (χ2v) is 7.95. The Kier molecular flexibility index (Phi) is 8.31. The fourth-order valence-corrected chi connectivity index (χ4v) is 3.78. The summed E-state index contributed by atoms with van der Waals surface area (Å²) in [4.78, 5) is 11.4. The molecule has 0 radical (unpaired) electrons. The number of rotatable bonds is 7. The molecule has 0 bridgehead atoms. The fraction of sp³-hybridized carbons (Fsp3) is 0.211. The average molecular weight is 485 g/mol. The number of hydrogen-bond acceptors (Lipinski definition) is 4. The van der Waals surface area contributed by atoms with Crippen LogP contribution in [-0.4, -0.2) is 30.4 Å². The van der Waals surface area contributed by atoms with Gasteiger partial charge in [0.25, 0.3) is 0 Å². The predicted octanol–water partition coefficient (Wildman–Crippen LogP) is 6.48. The molecule has 0 aliphatic heterocycles. The Balaban J connectivity index is 2.29. The Hall–Kier alpha value is -1.14. The van der Waals surface area contributed by atoms with Crippen LogP contribution in [-0.2, 0) is 9.53 Å². The molecule has 1 N–H and O–H groups in total. The third kappa shape index (κ3) is 5.93. The van der Waals surface area contributed by atoms with Crippen LogP contribution in [0.25, 0.3) is 11.1 Å². The largest absolute Gasteiger partial charge is 0.489 e. The van der Waals surface area contributed by atoms with Crippen LogP contribution in [0.1, 0.15) is 6.92 Å². The first-order valence-corrected chi connectivity index (χ1v) is 9.76. The van der Waals surface area contributed by atoms with E-state index in [1.807, 2.05) is 0 Å². The smallest absolute Gasteiger partial charge is 0.333 e. The molecular weight excluding hydrogens is 469 g/mol. The van der Waals surface area contributed by atoms with Gasteiger partial charge in [0.1, 0.15) is 25.1 Å². The van der Waals surface area contributed by atoms with E-state index in [9.17, 15) is 9.90 Å². The number of benzene rings is 2. The number of aliphatic hydroxyl groups excluding tert-OH is 1. The highest BCUT2D eigenvalue weighted by molar-refractivity contribution is 6.42. The lowest BCUT2D eigenvalue weighted by Crippen LogP contribution is -2.25. The summed E-state index contributed by atoms with van der Waals surface area (Å²) >= 11 is 30.9. The Morgan fingerprint density at radius 2 is 1.54 bits per heavy atom. The van der Waals surface area contributed by atoms with E-state index in [1.165, 1.54) is 25.1 Å².